The number of unbranched alkanes of at least 4 members (excludes halogenated alkanes) is 3. The van der Waals surface area contributed by atoms with Crippen LogP contribution in [0.3, 0.4) is 0 Å². The molecule has 0 bridgehead atoms. The van der Waals surface area contributed by atoms with Gasteiger partial charge in [0.15, 0.2) is 11.5 Å². The lowest BCUT2D eigenvalue weighted by atomic mass is 10.1. The minimum Gasteiger partial charge on any atom is -0.485 e. The Morgan fingerprint density at radius 2 is 1.97 bits per heavy atom. The number of thiophene rings is 1. The molecule has 0 aliphatic carbocycles. The molecule has 1 aliphatic heterocycles. The zero-order chi connectivity index (χ0) is 23.8. The number of halogens is 3. The summed E-state index contributed by atoms with van der Waals surface area (Å²) in [5.41, 5.74) is -1.20. The second kappa shape index (κ2) is 11.1. The van der Waals surface area contributed by atoms with Gasteiger partial charge in [-0.25, -0.2) is 4.85 Å². The average Bonchev–Trinajstić information content (AvgIpc) is 3.16. The van der Waals surface area contributed by atoms with Crippen molar-refractivity contribution in [2.45, 2.75) is 45.2 Å². The van der Waals surface area contributed by atoms with Crippen LogP contribution in [-0.4, -0.2) is 30.1 Å². The SMILES string of the molecule is [C-]#[N+]/C(=C\C(=N)C(F)(F)F)c1cc(C=Cc2sc(CCCCCC)c3c2OCCO3)ccn1. The number of allylic oxidation sites excluding steroid dienone is 1. The summed E-state index contributed by atoms with van der Waals surface area (Å²) in [6.45, 7) is 10.4. The van der Waals surface area contributed by atoms with E-state index in [1.54, 1.807) is 23.5 Å². The van der Waals surface area contributed by atoms with Crippen LogP contribution in [0.5, 0.6) is 11.5 Å². The molecule has 0 spiro atoms. The first-order valence-electron chi connectivity index (χ1n) is 10.6. The molecule has 5 nitrogen and oxygen atoms in total. The molecule has 2 aromatic heterocycles. The van der Waals surface area contributed by atoms with Crippen LogP contribution in [0.2, 0.25) is 0 Å². The molecule has 0 saturated carbocycles. The van der Waals surface area contributed by atoms with E-state index < -0.39 is 11.9 Å². The van der Waals surface area contributed by atoms with Crippen molar-refractivity contribution in [2.75, 3.05) is 13.2 Å². The van der Waals surface area contributed by atoms with E-state index in [1.807, 2.05) is 6.08 Å². The highest BCUT2D eigenvalue weighted by atomic mass is 32.1. The van der Waals surface area contributed by atoms with Gasteiger partial charge >= 0.3 is 6.18 Å². The number of aryl methyl sites for hydroxylation is 1. The highest BCUT2D eigenvalue weighted by Gasteiger charge is 2.33. The molecule has 3 rings (SSSR count). The van der Waals surface area contributed by atoms with Crippen molar-refractivity contribution in [1.82, 2.24) is 4.98 Å². The Labute approximate surface area is 194 Å². The molecule has 0 unspecified atom stereocenters. The van der Waals surface area contributed by atoms with Crippen molar-refractivity contribution in [1.29, 1.82) is 5.41 Å². The highest BCUT2D eigenvalue weighted by molar-refractivity contribution is 7.13. The summed E-state index contributed by atoms with van der Waals surface area (Å²) in [7, 11) is 0. The summed E-state index contributed by atoms with van der Waals surface area (Å²) in [5, 5.41) is 7.12. The van der Waals surface area contributed by atoms with Crippen molar-refractivity contribution >= 4 is 34.9 Å². The Morgan fingerprint density at radius 3 is 2.67 bits per heavy atom. The number of ether oxygens (including phenoxy) is 2. The van der Waals surface area contributed by atoms with Crippen LogP contribution >= 0.6 is 11.3 Å². The van der Waals surface area contributed by atoms with Gasteiger partial charge in [-0.1, -0.05) is 32.3 Å². The molecular weight excluding hydrogens is 451 g/mol. The van der Waals surface area contributed by atoms with Gasteiger partial charge in [0.05, 0.1) is 22.0 Å². The maximum atomic E-state index is 12.7. The van der Waals surface area contributed by atoms with Gasteiger partial charge in [0.2, 0.25) is 5.70 Å². The van der Waals surface area contributed by atoms with Crippen LogP contribution in [0.15, 0.2) is 24.4 Å². The van der Waals surface area contributed by atoms with Crippen LogP contribution in [0.1, 0.15) is 53.6 Å². The van der Waals surface area contributed by atoms with Crippen LogP contribution in [0.4, 0.5) is 13.2 Å². The van der Waals surface area contributed by atoms with E-state index in [4.69, 9.17) is 21.5 Å². The molecule has 3 heterocycles. The number of pyridine rings is 1. The quantitative estimate of drug-likeness (QED) is 0.240. The zero-order valence-electron chi connectivity index (χ0n) is 18.2. The van der Waals surface area contributed by atoms with Crippen molar-refractivity contribution in [3.05, 3.63) is 56.8 Å². The molecule has 0 amide bonds. The molecule has 0 aromatic carbocycles. The van der Waals surface area contributed by atoms with E-state index in [9.17, 15) is 13.2 Å². The number of hydrogen-bond acceptors (Lipinski definition) is 5. The van der Waals surface area contributed by atoms with Gasteiger partial charge in [0, 0.05) is 6.20 Å². The summed E-state index contributed by atoms with van der Waals surface area (Å²) in [6, 6.07) is 3.22. The number of nitrogens with zero attached hydrogens (tertiary/aromatic N) is 2. The van der Waals surface area contributed by atoms with Crippen LogP contribution in [-0.2, 0) is 6.42 Å². The van der Waals surface area contributed by atoms with Crippen molar-refractivity contribution in [2.24, 2.45) is 0 Å². The third-order valence-corrected chi connectivity index (χ3v) is 6.11. The molecular formula is C24H24F3N3O2S. The molecule has 174 valence electrons. The Bertz CT molecular complexity index is 1100. The van der Waals surface area contributed by atoms with E-state index in [1.165, 1.54) is 25.1 Å². The standard InChI is InChI=1S/C24H24F3N3O2S/c1-3-4-5-6-7-19-22-23(32-13-12-31-22)20(33-19)9-8-16-10-11-30-18(14-16)17(29-2)15-21(28)24(25,26)27/h8-11,14-15,28H,3-7,12-13H2,1H3/b9-8?,17-15-,28-21?. The van der Waals surface area contributed by atoms with Crippen molar-refractivity contribution < 1.29 is 22.6 Å². The fourth-order valence-corrected chi connectivity index (χ4v) is 4.40. The van der Waals surface area contributed by atoms with Gasteiger partial charge in [-0.15, -0.1) is 11.3 Å². The predicted molar refractivity (Wildman–Crippen MR) is 125 cm³/mol. The topological polar surface area (TPSA) is 59.6 Å². The molecule has 0 radical (unpaired) electrons. The minimum atomic E-state index is -4.82. The smallest absolute Gasteiger partial charge is 0.431 e. The fraction of sp³-hybridized carbons (Fsp3) is 0.375. The van der Waals surface area contributed by atoms with Gasteiger partial charge in [0.25, 0.3) is 0 Å². The van der Waals surface area contributed by atoms with Gasteiger partial charge < -0.3 is 9.47 Å². The van der Waals surface area contributed by atoms with E-state index in [0.29, 0.717) is 24.9 Å². The highest BCUT2D eigenvalue weighted by Crippen LogP contribution is 2.45. The first kappa shape index (κ1) is 24.5. The first-order chi connectivity index (χ1) is 15.8. The largest absolute Gasteiger partial charge is 0.485 e. The second-order valence-corrected chi connectivity index (χ2v) is 8.55. The van der Waals surface area contributed by atoms with Gasteiger partial charge in [-0.05, 0) is 42.7 Å². The molecule has 0 saturated heterocycles. The van der Waals surface area contributed by atoms with Crippen LogP contribution < -0.4 is 9.47 Å². The molecule has 9 heteroatoms. The van der Waals surface area contributed by atoms with E-state index in [2.05, 4.69) is 16.8 Å². The molecule has 1 N–H and O–H groups in total. The monoisotopic (exact) mass is 475 g/mol. The second-order valence-electron chi connectivity index (χ2n) is 7.42. The molecule has 2 aromatic rings. The summed E-state index contributed by atoms with van der Waals surface area (Å²) in [5.74, 6) is 1.53. The third-order valence-electron chi connectivity index (χ3n) is 4.93. The average molecular weight is 476 g/mol. The van der Waals surface area contributed by atoms with Gasteiger partial charge in [-0.3, -0.25) is 10.4 Å². The van der Waals surface area contributed by atoms with Crippen molar-refractivity contribution in [3.63, 3.8) is 0 Å². The van der Waals surface area contributed by atoms with Crippen LogP contribution in [0.25, 0.3) is 22.7 Å². The van der Waals surface area contributed by atoms with Gasteiger partial charge in [0.1, 0.15) is 18.9 Å². The fourth-order valence-electron chi connectivity index (χ4n) is 3.27. The number of rotatable bonds is 9. The Morgan fingerprint density at radius 1 is 1.21 bits per heavy atom. The summed E-state index contributed by atoms with van der Waals surface area (Å²) >= 11 is 1.61. The van der Waals surface area contributed by atoms with Crippen LogP contribution in [0, 0.1) is 12.0 Å². The first-order valence-corrected chi connectivity index (χ1v) is 11.5. The number of nitrogens with one attached hydrogen (secondary N) is 1. The zero-order valence-corrected chi connectivity index (χ0v) is 19.0. The minimum absolute atomic E-state index is 0.0746. The Hall–Kier alpha value is -3.12. The van der Waals surface area contributed by atoms with Crippen molar-refractivity contribution in [3.8, 4) is 11.5 Å². The normalized spacial score (nSPS) is 13.8. The van der Waals surface area contributed by atoms with E-state index >= 15 is 0 Å². The summed E-state index contributed by atoms with van der Waals surface area (Å²) in [4.78, 5) is 9.19. The maximum Gasteiger partial charge on any atom is 0.431 e. The maximum absolute atomic E-state index is 12.7. The lowest BCUT2D eigenvalue weighted by Gasteiger charge is -2.16. The third kappa shape index (κ3) is 6.45. The molecule has 1 aliphatic rings. The van der Waals surface area contributed by atoms with E-state index in [-0.39, 0.29) is 11.4 Å². The molecule has 33 heavy (non-hydrogen) atoms. The number of alkyl halides is 3. The molecule has 0 fully saturated rings. The van der Waals surface area contributed by atoms with E-state index in [0.717, 1.165) is 40.5 Å². The lowest BCUT2D eigenvalue weighted by Crippen LogP contribution is -2.19. The lowest BCUT2D eigenvalue weighted by molar-refractivity contribution is -0.0583. The number of aromatic nitrogens is 1. The van der Waals surface area contributed by atoms with Gasteiger partial charge in [-0.2, -0.15) is 13.2 Å². The summed E-state index contributed by atoms with van der Waals surface area (Å²) in [6.07, 6.45) is 6.33. The molecule has 0 atom stereocenters. The Kier molecular flexibility index (Phi) is 8.28. The number of fused-ring (bicyclic) bond motifs is 1. The summed E-state index contributed by atoms with van der Waals surface area (Å²) < 4.78 is 49.8. The Balaban J connectivity index is 1.83. The predicted octanol–water partition coefficient (Wildman–Crippen LogP) is 7.05. The number of hydrogen-bond donors (Lipinski definition) is 1.